The van der Waals surface area contributed by atoms with Gasteiger partial charge in [-0.3, -0.25) is 9.10 Å². The number of nitrogens with two attached hydrogens (primary N) is 1. The van der Waals surface area contributed by atoms with Gasteiger partial charge in [-0.2, -0.15) is 0 Å². The zero-order valence-electron chi connectivity index (χ0n) is 20.4. The number of aliphatic imine (C=N–C) groups is 1. The number of primary amides is 1. The van der Waals surface area contributed by atoms with Crippen LogP contribution in [0, 0.1) is 0 Å². The molecule has 1 amide bonds. The number of methoxy groups -OCH3 is 2. The molecular weight excluding hydrogens is 496 g/mol. The highest BCUT2D eigenvalue weighted by molar-refractivity contribution is 7.92. The largest absolute Gasteiger partial charge is 0.494 e. The molecule has 4 aromatic rings. The molecule has 0 aliphatic rings. The van der Waals surface area contributed by atoms with E-state index in [4.69, 9.17) is 20.2 Å². The number of amides is 1. The molecule has 0 bridgehead atoms. The third kappa shape index (κ3) is 5.36. The first kappa shape index (κ1) is 25.6. The SMILES string of the molecule is COc1cc2[nH]c(O)c(C(=Nc3ccc(N(CC(N)=O)S(C)(=O)=O)cc3)c3ccccc3)c2cc1OC. The summed E-state index contributed by atoms with van der Waals surface area (Å²) in [5.74, 6) is 0.125. The number of nitrogens with one attached hydrogen (secondary N) is 1. The smallest absolute Gasteiger partial charge is 0.238 e. The lowest BCUT2D eigenvalue weighted by molar-refractivity contribution is -0.116. The van der Waals surface area contributed by atoms with E-state index in [0.29, 0.717) is 39.4 Å². The van der Waals surface area contributed by atoms with Crippen molar-refractivity contribution in [1.29, 1.82) is 0 Å². The highest BCUT2D eigenvalue weighted by Crippen LogP contribution is 2.38. The van der Waals surface area contributed by atoms with Crippen LogP contribution in [0.5, 0.6) is 17.4 Å². The van der Waals surface area contributed by atoms with Crippen LogP contribution in [0.25, 0.3) is 10.9 Å². The molecule has 1 aromatic heterocycles. The number of ether oxygens (including phenoxy) is 2. The number of nitrogens with zero attached hydrogens (tertiary/aromatic N) is 2. The van der Waals surface area contributed by atoms with Gasteiger partial charge < -0.3 is 25.3 Å². The number of H-pyrrole nitrogens is 1. The average molecular weight is 523 g/mol. The fraction of sp³-hybridized carbons (Fsp3) is 0.154. The van der Waals surface area contributed by atoms with Crippen LogP contribution in [0.2, 0.25) is 0 Å². The molecule has 0 aliphatic carbocycles. The van der Waals surface area contributed by atoms with Crippen LogP contribution in [0.1, 0.15) is 11.1 Å². The summed E-state index contributed by atoms with van der Waals surface area (Å²) >= 11 is 0. The summed E-state index contributed by atoms with van der Waals surface area (Å²) in [5.41, 5.74) is 8.29. The number of anilines is 1. The van der Waals surface area contributed by atoms with Gasteiger partial charge in [-0.1, -0.05) is 30.3 Å². The summed E-state index contributed by atoms with van der Waals surface area (Å²) in [6, 6.07) is 19.1. The van der Waals surface area contributed by atoms with Gasteiger partial charge in [0.05, 0.1) is 48.6 Å². The number of carbonyl (C=O) groups excluding carboxylic acids is 1. The molecule has 0 unspecified atom stereocenters. The van der Waals surface area contributed by atoms with Crippen LogP contribution in [0.4, 0.5) is 11.4 Å². The van der Waals surface area contributed by atoms with E-state index in [0.717, 1.165) is 16.1 Å². The minimum Gasteiger partial charge on any atom is -0.494 e. The average Bonchev–Trinajstić information content (AvgIpc) is 3.19. The van der Waals surface area contributed by atoms with Crippen LogP contribution >= 0.6 is 0 Å². The third-order valence-electron chi connectivity index (χ3n) is 5.65. The molecule has 4 N–H and O–H groups in total. The van der Waals surface area contributed by atoms with Crippen LogP contribution in [0.3, 0.4) is 0 Å². The fourth-order valence-electron chi connectivity index (χ4n) is 3.97. The molecule has 0 radical (unpaired) electrons. The second-order valence-electron chi connectivity index (χ2n) is 8.18. The Labute approximate surface area is 214 Å². The normalized spacial score (nSPS) is 11.9. The van der Waals surface area contributed by atoms with Gasteiger partial charge in [-0.25, -0.2) is 13.4 Å². The minimum absolute atomic E-state index is 0.0887. The third-order valence-corrected chi connectivity index (χ3v) is 6.79. The quantitative estimate of drug-likeness (QED) is 0.287. The molecule has 0 saturated heterocycles. The first-order valence-electron chi connectivity index (χ1n) is 11.1. The van der Waals surface area contributed by atoms with E-state index in [1.807, 2.05) is 30.3 Å². The Morgan fingerprint density at radius 1 is 1.03 bits per heavy atom. The van der Waals surface area contributed by atoms with Crippen molar-refractivity contribution >= 4 is 43.9 Å². The summed E-state index contributed by atoms with van der Waals surface area (Å²) in [5, 5.41) is 11.6. The van der Waals surface area contributed by atoms with E-state index in [1.165, 1.54) is 26.4 Å². The molecule has 10 nitrogen and oxygen atoms in total. The number of benzene rings is 3. The van der Waals surface area contributed by atoms with Gasteiger partial charge in [0.1, 0.15) is 6.54 Å². The highest BCUT2D eigenvalue weighted by Gasteiger charge is 2.22. The predicted molar refractivity (Wildman–Crippen MR) is 143 cm³/mol. The maximum absolute atomic E-state index is 12.2. The number of hydrogen-bond donors (Lipinski definition) is 3. The van der Waals surface area contributed by atoms with E-state index in [2.05, 4.69) is 4.98 Å². The maximum atomic E-state index is 12.2. The van der Waals surface area contributed by atoms with E-state index < -0.39 is 22.5 Å². The van der Waals surface area contributed by atoms with E-state index in [-0.39, 0.29) is 11.6 Å². The monoisotopic (exact) mass is 522 g/mol. The maximum Gasteiger partial charge on any atom is 0.238 e. The first-order chi connectivity index (χ1) is 17.6. The van der Waals surface area contributed by atoms with Crippen molar-refractivity contribution in [1.82, 2.24) is 4.98 Å². The number of aromatic amines is 1. The molecule has 11 heteroatoms. The fourth-order valence-corrected chi connectivity index (χ4v) is 4.84. The molecule has 0 fully saturated rings. The molecular formula is C26H26N4O6S. The zero-order valence-corrected chi connectivity index (χ0v) is 21.2. The van der Waals surface area contributed by atoms with Crippen molar-refractivity contribution in [2.24, 2.45) is 10.7 Å². The van der Waals surface area contributed by atoms with Crippen molar-refractivity contribution in [3.63, 3.8) is 0 Å². The second-order valence-corrected chi connectivity index (χ2v) is 10.1. The van der Waals surface area contributed by atoms with E-state index in [9.17, 15) is 18.3 Å². The van der Waals surface area contributed by atoms with Crippen molar-refractivity contribution in [3.8, 4) is 17.4 Å². The number of rotatable bonds is 9. The molecule has 0 aliphatic heterocycles. The summed E-state index contributed by atoms with van der Waals surface area (Å²) in [6.07, 6.45) is 0.999. The number of aromatic hydroxyl groups is 1. The van der Waals surface area contributed by atoms with Gasteiger partial charge >= 0.3 is 0 Å². The lowest BCUT2D eigenvalue weighted by atomic mass is 10.0. The van der Waals surface area contributed by atoms with Gasteiger partial charge in [0.15, 0.2) is 17.4 Å². The standard InChI is InChI=1S/C26H26N4O6S/c1-35-21-13-19-20(14-22(21)36-2)29-26(32)24(19)25(16-7-5-4-6-8-16)28-17-9-11-18(12-10-17)30(15-23(27)31)37(3,33)34/h4-14,29,32H,15H2,1-3H3,(H2,27,31). The number of sulfonamides is 1. The van der Waals surface area contributed by atoms with Crippen LogP contribution in [-0.2, 0) is 14.8 Å². The molecule has 3 aromatic carbocycles. The van der Waals surface area contributed by atoms with Gasteiger partial charge in [0.25, 0.3) is 0 Å². The minimum atomic E-state index is -3.73. The Morgan fingerprint density at radius 3 is 2.22 bits per heavy atom. The van der Waals surface area contributed by atoms with Crippen LogP contribution in [-0.4, -0.2) is 57.1 Å². The van der Waals surface area contributed by atoms with Crippen molar-refractivity contribution in [2.45, 2.75) is 0 Å². The van der Waals surface area contributed by atoms with Crippen LogP contribution < -0.4 is 19.5 Å². The highest BCUT2D eigenvalue weighted by atomic mass is 32.2. The Balaban J connectivity index is 1.87. The summed E-state index contributed by atoms with van der Waals surface area (Å²) in [7, 11) is -0.673. The van der Waals surface area contributed by atoms with Crippen molar-refractivity contribution in [2.75, 3.05) is 31.3 Å². The van der Waals surface area contributed by atoms with Crippen molar-refractivity contribution in [3.05, 3.63) is 77.9 Å². The Morgan fingerprint density at radius 2 is 1.65 bits per heavy atom. The number of carbonyl (C=O) groups is 1. The molecule has 192 valence electrons. The lowest BCUT2D eigenvalue weighted by Gasteiger charge is -2.20. The number of hydrogen-bond acceptors (Lipinski definition) is 7. The summed E-state index contributed by atoms with van der Waals surface area (Å²) in [4.78, 5) is 19.2. The van der Waals surface area contributed by atoms with Gasteiger partial charge in [-0.05, 0) is 30.3 Å². The van der Waals surface area contributed by atoms with E-state index in [1.54, 1.807) is 24.3 Å². The van der Waals surface area contributed by atoms with Gasteiger partial charge in [-0.15, -0.1) is 0 Å². The number of aromatic nitrogens is 1. The van der Waals surface area contributed by atoms with Crippen molar-refractivity contribution < 1.29 is 27.8 Å². The molecule has 0 spiro atoms. The molecule has 1 heterocycles. The Bertz CT molecular complexity index is 1580. The molecule has 0 saturated carbocycles. The van der Waals surface area contributed by atoms with Crippen LogP contribution in [0.15, 0.2) is 71.7 Å². The topological polar surface area (TPSA) is 147 Å². The summed E-state index contributed by atoms with van der Waals surface area (Å²) in [6.45, 7) is -0.481. The first-order valence-corrected chi connectivity index (χ1v) is 12.9. The van der Waals surface area contributed by atoms with E-state index >= 15 is 0 Å². The number of fused-ring (bicyclic) bond motifs is 1. The Hall–Kier alpha value is -4.51. The molecule has 0 atom stereocenters. The zero-order chi connectivity index (χ0) is 26.7. The second kappa shape index (κ2) is 10.2. The van der Waals surface area contributed by atoms with Gasteiger partial charge in [0, 0.05) is 17.0 Å². The lowest BCUT2D eigenvalue weighted by Crippen LogP contribution is -2.37. The molecule has 37 heavy (non-hydrogen) atoms. The Kier molecular flexibility index (Phi) is 7.07. The molecule has 4 rings (SSSR count). The van der Waals surface area contributed by atoms with Gasteiger partial charge in [0.2, 0.25) is 15.9 Å². The predicted octanol–water partition coefficient (Wildman–Crippen LogP) is 3.31. The summed E-state index contributed by atoms with van der Waals surface area (Å²) < 4.78 is 36.1.